The van der Waals surface area contributed by atoms with E-state index in [1.807, 2.05) is 32.0 Å². The molecule has 1 atom stereocenters. The van der Waals surface area contributed by atoms with E-state index in [2.05, 4.69) is 15.3 Å². The first kappa shape index (κ1) is 18.3. The SMILES string of the molecule is Cc1ccc(C)c(Nc2ncc(C(=O)N(C)C3CCS(=O)(=O)C3)cn2)c1. The van der Waals surface area contributed by atoms with E-state index in [-0.39, 0.29) is 23.5 Å². The number of nitrogens with one attached hydrogen (secondary N) is 1. The van der Waals surface area contributed by atoms with Gasteiger partial charge in [-0.15, -0.1) is 0 Å². The topological polar surface area (TPSA) is 92.3 Å². The lowest BCUT2D eigenvalue weighted by atomic mass is 10.1. The number of aromatic nitrogens is 2. The maximum absolute atomic E-state index is 12.5. The molecule has 0 spiro atoms. The maximum Gasteiger partial charge on any atom is 0.257 e. The molecule has 0 bridgehead atoms. The summed E-state index contributed by atoms with van der Waals surface area (Å²) in [5, 5.41) is 3.15. The van der Waals surface area contributed by atoms with Gasteiger partial charge in [0.25, 0.3) is 5.91 Å². The Labute approximate surface area is 153 Å². The lowest BCUT2D eigenvalue weighted by molar-refractivity contribution is 0.0747. The van der Waals surface area contributed by atoms with Crippen molar-refractivity contribution in [2.45, 2.75) is 26.3 Å². The first-order valence-electron chi connectivity index (χ1n) is 8.39. The summed E-state index contributed by atoms with van der Waals surface area (Å²) in [6.45, 7) is 4.00. The quantitative estimate of drug-likeness (QED) is 0.881. The zero-order valence-corrected chi connectivity index (χ0v) is 15.9. The average molecular weight is 374 g/mol. The van der Waals surface area contributed by atoms with Gasteiger partial charge in [0.2, 0.25) is 5.95 Å². The van der Waals surface area contributed by atoms with Crippen molar-refractivity contribution in [2.24, 2.45) is 0 Å². The smallest absolute Gasteiger partial charge is 0.257 e. The fraction of sp³-hybridized carbons (Fsp3) is 0.389. The fourth-order valence-corrected chi connectivity index (χ4v) is 4.72. The molecule has 138 valence electrons. The van der Waals surface area contributed by atoms with Crippen molar-refractivity contribution in [1.29, 1.82) is 0 Å². The van der Waals surface area contributed by atoms with Gasteiger partial charge in [0, 0.05) is 31.2 Å². The highest BCUT2D eigenvalue weighted by Crippen LogP contribution is 2.21. The first-order chi connectivity index (χ1) is 12.2. The molecule has 7 nitrogen and oxygen atoms in total. The fourth-order valence-electron chi connectivity index (χ4n) is 2.94. The van der Waals surface area contributed by atoms with Crippen LogP contribution in [0.1, 0.15) is 27.9 Å². The standard InChI is InChI=1S/C18H22N4O3S/c1-12-4-5-13(2)16(8-12)21-18-19-9-14(10-20-18)17(23)22(3)15-6-7-26(24,25)11-15/h4-5,8-10,15H,6-7,11H2,1-3H3,(H,19,20,21). The van der Waals surface area contributed by atoms with Crippen molar-refractivity contribution >= 4 is 27.4 Å². The summed E-state index contributed by atoms with van der Waals surface area (Å²) in [5.74, 6) is 0.277. The number of sulfone groups is 1. The minimum Gasteiger partial charge on any atom is -0.338 e. The summed E-state index contributed by atoms with van der Waals surface area (Å²) in [6, 6.07) is 5.76. The molecule has 1 fully saturated rings. The van der Waals surface area contributed by atoms with Crippen molar-refractivity contribution in [1.82, 2.24) is 14.9 Å². The number of benzene rings is 1. The molecule has 0 saturated carbocycles. The molecule has 2 aromatic rings. The van der Waals surface area contributed by atoms with E-state index in [0.29, 0.717) is 17.9 Å². The van der Waals surface area contributed by atoms with Crippen LogP contribution in [0.2, 0.25) is 0 Å². The van der Waals surface area contributed by atoms with Gasteiger partial charge in [-0.2, -0.15) is 0 Å². The zero-order chi connectivity index (χ0) is 18.9. The minimum absolute atomic E-state index is 0.0162. The highest BCUT2D eigenvalue weighted by atomic mass is 32.2. The normalized spacial score (nSPS) is 18.5. The summed E-state index contributed by atoms with van der Waals surface area (Å²) in [6.07, 6.45) is 3.39. The Morgan fingerprint density at radius 1 is 1.23 bits per heavy atom. The molecule has 1 aliphatic rings. The molecule has 1 unspecified atom stereocenters. The molecule has 0 aliphatic carbocycles. The number of hydrogen-bond donors (Lipinski definition) is 1. The maximum atomic E-state index is 12.5. The zero-order valence-electron chi connectivity index (χ0n) is 15.1. The van der Waals surface area contributed by atoms with E-state index < -0.39 is 9.84 Å². The van der Waals surface area contributed by atoms with Crippen LogP contribution >= 0.6 is 0 Å². The van der Waals surface area contributed by atoms with Crippen LogP contribution in [0, 0.1) is 13.8 Å². The Morgan fingerprint density at radius 2 is 1.92 bits per heavy atom. The number of rotatable bonds is 4. The van der Waals surface area contributed by atoms with Crippen LogP contribution in [0.15, 0.2) is 30.6 Å². The molecule has 1 N–H and O–H groups in total. The second-order valence-electron chi connectivity index (χ2n) is 6.71. The molecule has 8 heteroatoms. The van der Waals surface area contributed by atoms with Crippen LogP contribution in [0.4, 0.5) is 11.6 Å². The van der Waals surface area contributed by atoms with Crippen LogP contribution in [-0.4, -0.2) is 53.8 Å². The van der Waals surface area contributed by atoms with Gasteiger partial charge in [-0.25, -0.2) is 18.4 Å². The number of amides is 1. The third kappa shape index (κ3) is 4.01. The molecule has 1 saturated heterocycles. The second kappa shape index (κ2) is 7.03. The number of carbonyl (C=O) groups is 1. The predicted molar refractivity (Wildman–Crippen MR) is 100 cm³/mol. The highest BCUT2D eigenvalue weighted by molar-refractivity contribution is 7.91. The third-order valence-corrected chi connectivity index (χ3v) is 6.37. The Morgan fingerprint density at radius 3 is 2.54 bits per heavy atom. The second-order valence-corrected chi connectivity index (χ2v) is 8.94. The molecule has 1 aromatic carbocycles. The molecule has 2 heterocycles. The summed E-state index contributed by atoms with van der Waals surface area (Å²) in [5.41, 5.74) is 3.44. The van der Waals surface area contributed by atoms with Crippen molar-refractivity contribution in [3.63, 3.8) is 0 Å². The van der Waals surface area contributed by atoms with Crippen molar-refractivity contribution < 1.29 is 13.2 Å². The van der Waals surface area contributed by atoms with Gasteiger partial charge in [0.15, 0.2) is 9.84 Å². The number of aryl methyl sites for hydroxylation is 2. The molecule has 0 radical (unpaired) electrons. The molecule has 1 aliphatic heterocycles. The Kier molecular flexibility index (Phi) is 4.95. The largest absolute Gasteiger partial charge is 0.338 e. The molecular formula is C18H22N4O3S. The van der Waals surface area contributed by atoms with Crippen LogP contribution in [-0.2, 0) is 9.84 Å². The number of anilines is 2. The lowest BCUT2D eigenvalue weighted by Gasteiger charge is -2.23. The Balaban J connectivity index is 1.71. The van der Waals surface area contributed by atoms with Gasteiger partial charge in [0.05, 0.1) is 17.1 Å². The van der Waals surface area contributed by atoms with Crippen molar-refractivity contribution in [3.8, 4) is 0 Å². The van der Waals surface area contributed by atoms with Gasteiger partial charge in [0.1, 0.15) is 0 Å². The van der Waals surface area contributed by atoms with Crippen LogP contribution in [0.25, 0.3) is 0 Å². The van der Waals surface area contributed by atoms with Crippen LogP contribution in [0.3, 0.4) is 0 Å². The van der Waals surface area contributed by atoms with E-state index >= 15 is 0 Å². The molecule has 1 aromatic heterocycles. The summed E-state index contributed by atoms with van der Waals surface area (Å²) in [4.78, 5) is 22.4. The third-order valence-electron chi connectivity index (χ3n) is 4.61. The van der Waals surface area contributed by atoms with Crippen LogP contribution in [0.5, 0.6) is 0 Å². The molecular weight excluding hydrogens is 352 g/mol. The average Bonchev–Trinajstić information content (AvgIpc) is 2.97. The van der Waals surface area contributed by atoms with E-state index in [1.165, 1.54) is 17.3 Å². The van der Waals surface area contributed by atoms with E-state index in [9.17, 15) is 13.2 Å². The van der Waals surface area contributed by atoms with Gasteiger partial charge in [-0.3, -0.25) is 4.79 Å². The van der Waals surface area contributed by atoms with Gasteiger partial charge in [-0.1, -0.05) is 12.1 Å². The first-order valence-corrected chi connectivity index (χ1v) is 10.2. The molecule has 26 heavy (non-hydrogen) atoms. The molecule has 1 amide bonds. The van der Waals surface area contributed by atoms with Crippen molar-refractivity contribution in [3.05, 3.63) is 47.3 Å². The monoisotopic (exact) mass is 374 g/mol. The van der Waals surface area contributed by atoms with Crippen LogP contribution < -0.4 is 5.32 Å². The van der Waals surface area contributed by atoms with Gasteiger partial charge >= 0.3 is 0 Å². The lowest BCUT2D eigenvalue weighted by Crippen LogP contribution is -2.37. The van der Waals surface area contributed by atoms with Gasteiger partial charge < -0.3 is 10.2 Å². The summed E-state index contributed by atoms with van der Waals surface area (Å²) in [7, 11) is -1.42. The minimum atomic E-state index is -3.04. The van der Waals surface area contributed by atoms with Crippen molar-refractivity contribution in [2.75, 3.05) is 23.9 Å². The summed E-state index contributed by atoms with van der Waals surface area (Å²) < 4.78 is 23.2. The van der Waals surface area contributed by atoms with Gasteiger partial charge in [-0.05, 0) is 37.5 Å². The summed E-state index contributed by atoms with van der Waals surface area (Å²) >= 11 is 0. The van der Waals surface area contributed by atoms with E-state index in [0.717, 1.165) is 16.8 Å². The number of nitrogens with zero attached hydrogens (tertiary/aromatic N) is 3. The number of hydrogen-bond acceptors (Lipinski definition) is 6. The molecule has 3 rings (SSSR count). The Bertz CT molecular complexity index is 926. The highest BCUT2D eigenvalue weighted by Gasteiger charge is 2.33. The van der Waals surface area contributed by atoms with E-state index in [1.54, 1.807) is 7.05 Å². The predicted octanol–water partition coefficient (Wildman–Crippen LogP) is 2.10. The Hall–Kier alpha value is -2.48. The van der Waals surface area contributed by atoms with E-state index in [4.69, 9.17) is 0 Å². The number of carbonyl (C=O) groups excluding carboxylic acids is 1.